The molecule has 0 radical (unpaired) electrons. The van der Waals surface area contributed by atoms with Crippen molar-refractivity contribution in [2.75, 3.05) is 0 Å². The molecule has 156 valence electrons. The van der Waals surface area contributed by atoms with Gasteiger partial charge in [-0.1, -0.05) is 39.0 Å². The minimum absolute atomic E-state index is 0.0764. The lowest BCUT2D eigenvalue weighted by Gasteiger charge is -2.42. The van der Waals surface area contributed by atoms with E-state index in [-0.39, 0.29) is 42.4 Å². The molecule has 3 rings (SSSR count). The van der Waals surface area contributed by atoms with Gasteiger partial charge >= 0.3 is 11.9 Å². The number of carbonyl (C=O) groups is 2. The first-order valence-electron chi connectivity index (χ1n) is 10.8. The number of hydrogen-bond donors (Lipinski definition) is 1. The second-order valence-corrected chi connectivity index (χ2v) is 8.76. The zero-order valence-electron chi connectivity index (χ0n) is 17.3. The minimum Gasteiger partial charge on any atom is -0.462 e. The first-order chi connectivity index (χ1) is 13.4. The predicted octanol–water partition coefficient (Wildman–Crippen LogP) is 3.95. The van der Waals surface area contributed by atoms with Crippen molar-refractivity contribution in [3.8, 4) is 0 Å². The molecule has 3 aliphatic rings. The predicted molar refractivity (Wildman–Crippen MR) is 106 cm³/mol. The molecule has 2 aliphatic carbocycles. The van der Waals surface area contributed by atoms with E-state index in [4.69, 9.17) is 9.47 Å². The number of hydrogen-bond acceptors (Lipinski definition) is 5. The van der Waals surface area contributed by atoms with E-state index in [0.717, 1.165) is 32.1 Å². The number of ether oxygens (including phenoxy) is 2. The van der Waals surface area contributed by atoms with Gasteiger partial charge in [0.1, 0.15) is 12.2 Å². The maximum Gasteiger partial charge on any atom is 0.308 e. The number of carbonyl (C=O) groups excluding carboxylic acids is 2. The maximum absolute atomic E-state index is 12.4. The van der Waals surface area contributed by atoms with Crippen molar-refractivity contribution in [3.63, 3.8) is 0 Å². The van der Waals surface area contributed by atoms with Gasteiger partial charge in [-0.25, -0.2) is 0 Å². The summed E-state index contributed by atoms with van der Waals surface area (Å²) in [6.45, 7) is 6.14. The molecule has 0 aromatic carbocycles. The molecule has 0 saturated carbocycles. The van der Waals surface area contributed by atoms with E-state index in [2.05, 4.69) is 25.2 Å². The summed E-state index contributed by atoms with van der Waals surface area (Å²) in [5.74, 6) is 0.426. The average molecular weight is 391 g/mol. The zero-order valence-corrected chi connectivity index (χ0v) is 17.3. The Kier molecular flexibility index (Phi) is 6.97. The van der Waals surface area contributed by atoms with Gasteiger partial charge in [0.05, 0.1) is 18.4 Å². The fraction of sp³-hybridized carbons (Fsp3) is 0.739. The fourth-order valence-corrected chi connectivity index (χ4v) is 4.80. The molecule has 0 bridgehead atoms. The summed E-state index contributed by atoms with van der Waals surface area (Å²) in [6, 6.07) is 0. The quantitative estimate of drug-likeness (QED) is 0.695. The summed E-state index contributed by atoms with van der Waals surface area (Å²) in [6.07, 6.45) is 10.6. The highest BCUT2D eigenvalue weighted by atomic mass is 16.5. The van der Waals surface area contributed by atoms with Crippen LogP contribution in [0, 0.1) is 23.7 Å². The van der Waals surface area contributed by atoms with Crippen molar-refractivity contribution in [2.45, 2.75) is 84.0 Å². The third kappa shape index (κ3) is 4.86. The molecule has 0 aromatic heterocycles. The largest absolute Gasteiger partial charge is 0.462 e. The number of esters is 2. The summed E-state index contributed by atoms with van der Waals surface area (Å²) >= 11 is 0. The van der Waals surface area contributed by atoms with Crippen LogP contribution in [0.4, 0.5) is 0 Å². The van der Waals surface area contributed by atoms with Gasteiger partial charge in [0.2, 0.25) is 0 Å². The molecule has 28 heavy (non-hydrogen) atoms. The van der Waals surface area contributed by atoms with Crippen LogP contribution in [0.15, 0.2) is 23.8 Å². The normalized spacial score (nSPS) is 36.1. The van der Waals surface area contributed by atoms with Crippen molar-refractivity contribution >= 4 is 11.9 Å². The Bertz CT molecular complexity index is 637. The highest BCUT2D eigenvalue weighted by Crippen LogP contribution is 2.44. The van der Waals surface area contributed by atoms with Crippen LogP contribution in [0.2, 0.25) is 0 Å². The molecule has 1 N–H and O–H groups in total. The fourth-order valence-electron chi connectivity index (χ4n) is 4.80. The molecular weight excluding hydrogens is 356 g/mol. The van der Waals surface area contributed by atoms with Crippen LogP contribution >= 0.6 is 0 Å². The molecular formula is C23H34O5. The van der Waals surface area contributed by atoms with Gasteiger partial charge in [0.15, 0.2) is 0 Å². The molecule has 1 unspecified atom stereocenters. The molecule has 0 aromatic rings. The van der Waals surface area contributed by atoms with Crippen LogP contribution in [-0.4, -0.2) is 35.4 Å². The number of cyclic esters (lactones) is 1. The molecule has 7 atom stereocenters. The summed E-state index contributed by atoms with van der Waals surface area (Å²) in [5, 5.41) is 9.86. The van der Waals surface area contributed by atoms with E-state index >= 15 is 0 Å². The third-order valence-corrected chi connectivity index (χ3v) is 6.69. The Morgan fingerprint density at radius 2 is 2.18 bits per heavy atom. The van der Waals surface area contributed by atoms with Crippen LogP contribution < -0.4 is 0 Å². The van der Waals surface area contributed by atoms with E-state index in [1.807, 2.05) is 13.8 Å². The topological polar surface area (TPSA) is 72.8 Å². The van der Waals surface area contributed by atoms with Crippen LogP contribution in [0.25, 0.3) is 0 Å². The second-order valence-electron chi connectivity index (χ2n) is 8.76. The SMILES string of the molecule is CC[C@@H](C)C(=O)OC1CCC=C2C=C[C@@H](C)[C@@H](CC[C@H]3C[C@H](O)CC(=O)O3)[C@@H]21. The summed E-state index contributed by atoms with van der Waals surface area (Å²) in [4.78, 5) is 24.1. The van der Waals surface area contributed by atoms with Crippen molar-refractivity contribution in [1.29, 1.82) is 0 Å². The number of rotatable bonds is 6. The monoisotopic (exact) mass is 390 g/mol. The highest BCUT2D eigenvalue weighted by molar-refractivity contribution is 5.72. The number of allylic oxidation sites excluding steroid dienone is 3. The van der Waals surface area contributed by atoms with Gasteiger partial charge < -0.3 is 14.6 Å². The Balaban J connectivity index is 1.70. The number of aliphatic hydroxyl groups is 1. The van der Waals surface area contributed by atoms with Gasteiger partial charge in [-0.3, -0.25) is 9.59 Å². The Labute approximate surface area is 168 Å². The number of fused-ring (bicyclic) bond motifs is 1. The summed E-state index contributed by atoms with van der Waals surface area (Å²) in [5.41, 5.74) is 1.27. The van der Waals surface area contributed by atoms with Crippen LogP contribution in [0.1, 0.15) is 65.7 Å². The van der Waals surface area contributed by atoms with Crippen molar-refractivity contribution in [2.24, 2.45) is 23.7 Å². The van der Waals surface area contributed by atoms with Crippen molar-refractivity contribution in [1.82, 2.24) is 0 Å². The van der Waals surface area contributed by atoms with Gasteiger partial charge in [-0.15, -0.1) is 0 Å². The average Bonchev–Trinajstić information content (AvgIpc) is 2.66. The lowest BCUT2D eigenvalue weighted by molar-refractivity contribution is -0.162. The number of aliphatic hydroxyl groups excluding tert-OH is 1. The Morgan fingerprint density at radius 3 is 2.89 bits per heavy atom. The lowest BCUT2D eigenvalue weighted by Crippen LogP contribution is -2.40. The smallest absolute Gasteiger partial charge is 0.308 e. The molecule has 5 nitrogen and oxygen atoms in total. The molecule has 1 heterocycles. The van der Waals surface area contributed by atoms with E-state index in [1.54, 1.807) is 0 Å². The van der Waals surface area contributed by atoms with E-state index in [9.17, 15) is 14.7 Å². The maximum atomic E-state index is 12.4. The molecule has 1 aliphatic heterocycles. The van der Waals surface area contributed by atoms with Gasteiger partial charge in [0, 0.05) is 12.3 Å². The summed E-state index contributed by atoms with van der Waals surface area (Å²) < 4.78 is 11.4. The van der Waals surface area contributed by atoms with Gasteiger partial charge in [-0.05, 0) is 49.5 Å². The van der Waals surface area contributed by atoms with Crippen LogP contribution in [0.3, 0.4) is 0 Å². The van der Waals surface area contributed by atoms with E-state index in [1.165, 1.54) is 5.57 Å². The van der Waals surface area contributed by atoms with Crippen LogP contribution in [-0.2, 0) is 19.1 Å². The Morgan fingerprint density at radius 1 is 1.39 bits per heavy atom. The second kappa shape index (κ2) is 9.25. The Hall–Kier alpha value is -1.62. The first kappa shape index (κ1) is 21.1. The third-order valence-electron chi connectivity index (χ3n) is 6.69. The zero-order chi connectivity index (χ0) is 20.3. The molecule has 5 heteroatoms. The molecule has 1 saturated heterocycles. The molecule has 1 fully saturated rings. The van der Waals surface area contributed by atoms with Crippen molar-refractivity contribution in [3.05, 3.63) is 23.8 Å². The van der Waals surface area contributed by atoms with E-state index in [0.29, 0.717) is 18.3 Å². The minimum atomic E-state index is -0.593. The standard InChI is InChI=1S/C23H34O5/c1-4-14(2)23(26)28-20-7-5-6-16-9-8-15(3)19(22(16)20)11-10-18-12-17(24)13-21(25)27-18/h6,8-9,14-15,17-20,22,24H,4-5,7,10-13H2,1-3H3/t14-,15-,17+,18+,19-,20?,22-/m1/s1. The summed E-state index contributed by atoms with van der Waals surface area (Å²) in [7, 11) is 0. The van der Waals surface area contributed by atoms with Gasteiger partial charge in [-0.2, -0.15) is 0 Å². The van der Waals surface area contributed by atoms with Crippen molar-refractivity contribution < 1.29 is 24.2 Å². The van der Waals surface area contributed by atoms with Crippen LogP contribution in [0.5, 0.6) is 0 Å². The lowest BCUT2D eigenvalue weighted by atomic mass is 9.66. The van der Waals surface area contributed by atoms with E-state index < -0.39 is 6.10 Å². The van der Waals surface area contributed by atoms with Gasteiger partial charge in [0.25, 0.3) is 0 Å². The molecule has 0 amide bonds. The first-order valence-corrected chi connectivity index (χ1v) is 10.8. The highest BCUT2D eigenvalue weighted by Gasteiger charge is 2.40. The molecule has 0 spiro atoms.